The summed E-state index contributed by atoms with van der Waals surface area (Å²) in [4.78, 5) is 36.5. The number of rotatable bonds is 7. The van der Waals surface area contributed by atoms with Crippen LogP contribution in [0.25, 0.3) is 22.2 Å². The average molecular weight is 397 g/mol. The summed E-state index contributed by atoms with van der Waals surface area (Å²) in [6.45, 7) is 3.66. The van der Waals surface area contributed by atoms with Crippen LogP contribution >= 0.6 is 0 Å². The lowest BCUT2D eigenvalue weighted by molar-refractivity contribution is -0.137. The normalized spacial score (nSPS) is 11.6. The molecule has 0 aliphatic heterocycles. The summed E-state index contributed by atoms with van der Waals surface area (Å²) >= 11 is 0. The van der Waals surface area contributed by atoms with Gasteiger partial charge in [0.15, 0.2) is 0 Å². The zero-order valence-corrected chi connectivity index (χ0v) is 16.5. The van der Waals surface area contributed by atoms with E-state index in [-0.39, 0.29) is 12.0 Å². The van der Waals surface area contributed by atoms with Gasteiger partial charge in [-0.2, -0.15) is 0 Å². The van der Waals surface area contributed by atoms with E-state index < -0.39 is 11.6 Å². The molecule has 0 saturated carbocycles. The van der Waals surface area contributed by atoms with Crippen molar-refractivity contribution >= 4 is 22.7 Å². The molecule has 3 aromatic heterocycles. The molecule has 3 aromatic rings. The first-order valence-corrected chi connectivity index (χ1v) is 9.18. The van der Waals surface area contributed by atoms with Gasteiger partial charge >= 0.3 is 5.97 Å². The standard InChI is InChI=1S/C20H23N5O4/c1-20(2,29)15-7-6-12(10-22-15)13-9-14-17(19(28)25(3)11-23-14)18(24-13)21-8-4-5-16(26)27/h6-7,9-11,29H,4-5,8H2,1-3H3,(H,21,24)(H,26,27). The second kappa shape index (κ2) is 7.96. The number of aromatic nitrogens is 4. The first kappa shape index (κ1) is 20.4. The Morgan fingerprint density at radius 1 is 1.28 bits per heavy atom. The third-order valence-corrected chi connectivity index (χ3v) is 4.45. The summed E-state index contributed by atoms with van der Waals surface area (Å²) in [5, 5.41) is 22.3. The zero-order chi connectivity index (χ0) is 21.2. The van der Waals surface area contributed by atoms with E-state index >= 15 is 0 Å². The largest absolute Gasteiger partial charge is 0.481 e. The molecule has 152 valence electrons. The number of aliphatic carboxylic acids is 1. The molecular weight excluding hydrogens is 374 g/mol. The molecular formula is C20H23N5O4. The van der Waals surface area contributed by atoms with Crippen LogP contribution in [0.4, 0.5) is 5.82 Å². The molecule has 0 aliphatic rings. The van der Waals surface area contributed by atoms with Gasteiger partial charge in [-0.3, -0.25) is 14.6 Å². The number of carboxylic acids is 1. The highest BCUT2D eigenvalue weighted by Crippen LogP contribution is 2.26. The molecule has 29 heavy (non-hydrogen) atoms. The third kappa shape index (κ3) is 4.57. The lowest BCUT2D eigenvalue weighted by atomic mass is 10.0. The molecule has 0 atom stereocenters. The highest BCUT2D eigenvalue weighted by Gasteiger charge is 2.18. The number of carboxylic acid groups (broad SMARTS) is 1. The molecule has 0 radical (unpaired) electrons. The van der Waals surface area contributed by atoms with E-state index in [4.69, 9.17) is 5.11 Å². The summed E-state index contributed by atoms with van der Waals surface area (Å²) in [6.07, 6.45) is 3.46. The van der Waals surface area contributed by atoms with Gasteiger partial charge in [0.2, 0.25) is 0 Å². The molecule has 0 saturated heterocycles. The number of hydrogen-bond acceptors (Lipinski definition) is 7. The number of nitrogens with zero attached hydrogens (tertiary/aromatic N) is 4. The Kier molecular flexibility index (Phi) is 5.60. The van der Waals surface area contributed by atoms with Gasteiger partial charge in [-0.25, -0.2) is 9.97 Å². The number of fused-ring (bicyclic) bond motifs is 1. The van der Waals surface area contributed by atoms with Crippen molar-refractivity contribution in [2.75, 3.05) is 11.9 Å². The Morgan fingerprint density at radius 2 is 2.03 bits per heavy atom. The monoisotopic (exact) mass is 397 g/mol. The average Bonchev–Trinajstić information content (AvgIpc) is 2.67. The lowest BCUT2D eigenvalue weighted by Gasteiger charge is -2.16. The maximum Gasteiger partial charge on any atom is 0.303 e. The Hall–Kier alpha value is -3.33. The predicted octanol–water partition coefficient (Wildman–Crippen LogP) is 1.89. The van der Waals surface area contributed by atoms with Gasteiger partial charge < -0.3 is 20.1 Å². The van der Waals surface area contributed by atoms with E-state index in [0.717, 1.165) is 0 Å². The first-order chi connectivity index (χ1) is 13.7. The van der Waals surface area contributed by atoms with Gasteiger partial charge in [0.05, 0.1) is 23.2 Å². The van der Waals surface area contributed by atoms with Gasteiger partial charge in [0.25, 0.3) is 5.56 Å². The first-order valence-electron chi connectivity index (χ1n) is 9.18. The van der Waals surface area contributed by atoms with Crippen molar-refractivity contribution < 1.29 is 15.0 Å². The van der Waals surface area contributed by atoms with Crippen LogP contribution in [0.2, 0.25) is 0 Å². The molecule has 3 N–H and O–H groups in total. The van der Waals surface area contributed by atoms with E-state index in [9.17, 15) is 14.7 Å². The minimum absolute atomic E-state index is 0.0171. The fourth-order valence-corrected chi connectivity index (χ4v) is 2.85. The van der Waals surface area contributed by atoms with E-state index in [2.05, 4.69) is 20.3 Å². The second-order valence-electron chi connectivity index (χ2n) is 7.33. The van der Waals surface area contributed by atoms with Gasteiger partial charge in [-0.05, 0) is 38.5 Å². The predicted molar refractivity (Wildman–Crippen MR) is 109 cm³/mol. The molecule has 0 unspecified atom stereocenters. The zero-order valence-electron chi connectivity index (χ0n) is 16.5. The SMILES string of the molecule is Cn1cnc2cc(-c3ccc(C(C)(C)O)nc3)nc(NCCCC(=O)O)c2c1=O. The van der Waals surface area contributed by atoms with Crippen LogP contribution in [-0.2, 0) is 17.4 Å². The van der Waals surface area contributed by atoms with Crippen molar-refractivity contribution in [3.63, 3.8) is 0 Å². The van der Waals surface area contributed by atoms with Crippen molar-refractivity contribution in [1.82, 2.24) is 19.5 Å². The van der Waals surface area contributed by atoms with E-state index in [1.54, 1.807) is 45.3 Å². The van der Waals surface area contributed by atoms with Crippen LogP contribution in [0, 0.1) is 0 Å². The highest BCUT2D eigenvalue weighted by molar-refractivity contribution is 5.91. The topological polar surface area (TPSA) is 130 Å². The quantitative estimate of drug-likeness (QED) is 0.515. The molecule has 9 heteroatoms. The van der Waals surface area contributed by atoms with Gasteiger partial charge in [0, 0.05) is 31.8 Å². The fourth-order valence-electron chi connectivity index (χ4n) is 2.85. The van der Waals surface area contributed by atoms with Crippen LogP contribution in [0.5, 0.6) is 0 Å². The van der Waals surface area contributed by atoms with Crippen LogP contribution < -0.4 is 10.9 Å². The highest BCUT2D eigenvalue weighted by atomic mass is 16.4. The maximum atomic E-state index is 12.6. The maximum absolute atomic E-state index is 12.6. The minimum atomic E-state index is -1.06. The summed E-state index contributed by atoms with van der Waals surface area (Å²) in [5.41, 5.74) is 0.974. The van der Waals surface area contributed by atoms with Crippen molar-refractivity contribution in [3.8, 4) is 11.3 Å². The van der Waals surface area contributed by atoms with E-state index in [1.807, 2.05) is 0 Å². The molecule has 9 nitrogen and oxygen atoms in total. The Labute approximate surface area is 167 Å². The van der Waals surface area contributed by atoms with Crippen LogP contribution in [0.1, 0.15) is 32.4 Å². The molecule has 0 bridgehead atoms. The summed E-state index contributed by atoms with van der Waals surface area (Å²) in [5.74, 6) is -0.530. The van der Waals surface area contributed by atoms with E-state index in [1.165, 1.54) is 10.9 Å². The van der Waals surface area contributed by atoms with Gasteiger partial charge in [-0.1, -0.05) is 0 Å². The van der Waals surface area contributed by atoms with Crippen molar-refractivity contribution in [2.45, 2.75) is 32.3 Å². The smallest absolute Gasteiger partial charge is 0.303 e. The number of aryl methyl sites for hydroxylation is 1. The fraction of sp³-hybridized carbons (Fsp3) is 0.350. The summed E-state index contributed by atoms with van der Waals surface area (Å²) in [6, 6.07) is 5.22. The van der Waals surface area contributed by atoms with Crippen molar-refractivity contribution in [2.24, 2.45) is 7.05 Å². The lowest BCUT2D eigenvalue weighted by Crippen LogP contribution is -2.20. The minimum Gasteiger partial charge on any atom is -0.481 e. The number of hydrogen-bond donors (Lipinski definition) is 3. The van der Waals surface area contributed by atoms with Crippen molar-refractivity contribution in [1.29, 1.82) is 0 Å². The van der Waals surface area contributed by atoms with Gasteiger partial charge in [-0.15, -0.1) is 0 Å². The molecule has 0 fully saturated rings. The molecule has 3 heterocycles. The second-order valence-corrected chi connectivity index (χ2v) is 7.33. The van der Waals surface area contributed by atoms with Crippen LogP contribution in [-0.4, -0.2) is 42.2 Å². The molecule has 3 rings (SSSR count). The van der Waals surface area contributed by atoms with Gasteiger partial charge in [0.1, 0.15) is 16.8 Å². The number of anilines is 1. The summed E-state index contributed by atoms with van der Waals surface area (Å²) < 4.78 is 1.37. The number of nitrogens with one attached hydrogen (secondary N) is 1. The Bertz CT molecular complexity index is 1100. The van der Waals surface area contributed by atoms with Crippen LogP contribution in [0.15, 0.2) is 35.5 Å². The molecule has 0 aliphatic carbocycles. The number of aliphatic hydroxyl groups is 1. The molecule has 0 amide bonds. The van der Waals surface area contributed by atoms with Crippen LogP contribution in [0.3, 0.4) is 0 Å². The molecule has 0 spiro atoms. The number of carbonyl (C=O) groups is 1. The Morgan fingerprint density at radius 3 is 2.66 bits per heavy atom. The number of pyridine rings is 2. The van der Waals surface area contributed by atoms with Crippen molar-refractivity contribution in [3.05, 3.63) is 46.8 Å². The Balaban J connectivity index is 2.03. The van der Waals surface area contributed by atoms with E-state index in [0.29, 0.717) is 46.6 Å². The third-order valence-electron chi connectivity index (χ3n) is 4.45. The summed E-state index contributed by atoms with van der Waals surface area (Å²) in [7, 11) is 1.61. The molecule has 0 aromatic carbocycles.